The SMILES string of the molecule is Cc1ccc(Cn2c(CCCCCNC(=O)c3ccco3)nc3ccccc32)cc1. The van der Waals surface area contributed by atoms with Crippen LogP contribution in [0.15, 0.2) is 71.3 Å². The summed E-state index contributed by atoms with van der Waals surface area (Å²) in [6.07, 6.45) is 5.44. The summed E-state index contributed by atoms with van der Waals surface area (Å²) in [5, 5.41) is 2.90. The van der Waals surface area contributed by atoms with Crippen LogP contribution >= 0.6 is 0 Å². The molecule has 0 radical (unpaired) electrons. The van der Waals surface area contributed by atoms with Gasteiger partial charge in [-0.05, 0) is 49.6 Å². The highest BCUT2D eigenvalue weighted by Crippen LogP contribution is 2.20. The van der Waals surface area contributed by atoms with Gasteiger partial charge in [0.2, 0.25) is 0 Å². The molecule has 5 heteroatoms. The zero-order valence-corrected chi connectivity index (χ0v) is 17.3. The zero-order valence-electron chi connectivity index (χ0n) is 17.3. The first-order valence-electron chi connectivity index (χ1n) is 10.5. The fourth-order valence-corrected chi connectivity index (χ4v) is 3.65. The Balaban J connectivity index is 1.34. The fraction of sp³-hybridized carbons (Fsp3) is 0.280. The summed E-state index contributed by atoms with van der Waals surface area (Å²) in [5.41, 5.74) is 4.78. The van der Waals surface area contributed by atoms with Gasteiger partial charge in [-0.2, -0.15) is 0 Å². The highest BCUT2D eigenvalue weighted by molar-refractivity contribution is 5.91. The number of carbonyl (C=O) groups is 1. The third kappa shape index (κ3) is 4.79. The van der Waals surface area contributed by atoms with Crippen molar-refractivity contribution >= 4 is 16.9 Å². The third-order valence-corrected chi connectivity index (χ3v) is 5.30. The van der Waals surface area contributed by atoms with E-state index in [9.17, 15) is 4.79 Å². The lowest BCUT2D eigenvalue weighted by Gasteiger charge is -2.10. The van der Waals surface area contributed by atoms with Crippen LogP contribution in [0.4, 0.5) is 0 Å². The minimum absolute atomic E-state index is 0.153. The van der Waals surface area contributed by atoms with E-state index in [4.69, 9.17) is 9.40 Å². The molecule has 0 saturated carbocycles. The Kier molecular flexibility index (Phi) is 6.28. The number of aryl methyl sites for hydroxylation is 2. The van der Waals surface area contributed by atoms with Gasteiger partial charge in [-0.25, -0.2) is 4.98 Å². The Morgan fingerprint density at radius 3 is 2.63 bits per heavy atom. The van der Waals surface area contributed by atoms with Crippen molar-refractivity contribution in [1.29, 1.82) is 0 Å². The number of fused-ring (bicyclic) bond motifs is 1. The molecule has 0 aliphatic carbocycles. The topological polar surface area (TPSA) is 60.1 Å². The van der Waals surface area contributed by atoms with E-state index in [1.165, 1.54) is 22.9 Å². The Morgan fingerprint density at radius 2 is 1.83 bits per heavy atom. The second-order valence-corrected chi connectivity index (χ2v) is 7.63. The Morgan fingerprint density at radius 1 is 1.00 bits per heavy atom. The molecular formula is C25H27N3O2. The highest BCUT2D eigenvalue weighted by Gasteiger charge is 2.11. The minimum atomic E-state index is -0.153. The largest absolute Gasteiger partial charge is 0.459 e. The van der Waals surface area contributed by atoms with Crippen molar-refractivity contribution in [2.45, 2.75) is 39.2 Å². The van der Waals surface area contributed by atoms with Gasteiger partial charge in [0, 0.05) is 19.5 Å². The Labute approximate surface area is 176 Å². The lowest BCUT2D eigenvalue weighted by molar-refractivity contribution is 0.0925. The average Bonchev–Trinajstić information content (AvgIpc) is 3.41. The molecule has 4 rings (SSSR count). The van der Waals surface area contributed by atoms with E-state index in [1.54, 1.807) is 12.1 Å². The number of imidazole rings is 1. The summed E-state index contributed by atoms with van der Waals surface area (Å²) in [6, 6.07) is 20.4. The van der Waals surface area contributed by atoms with Gasteiger partial charge in [0.05, 0.1) is 17.3 Å². The zero-order chi connectivity index (χ0) is 20.8. The van der Waals surface area contributed by atoms with E-state index >= 15 is 0 Å². The Bertz CT molecular complexity index is 1100. The van der Waals surface area contributed by atoms with E-state index in [0.29, 0.717) is 12.3 Å². The van der Waals surface area contributed by atoms with E-state index in [-0.39, 0.29) is 5.91 Å². The number of amides is 1. The van der Waals surface area contributed by atoms with Gasteiger partial charge in [-0.15, -0.1) is 0 Å². The van der Waals surface area contributed by atoms with Crippen molar-refractivity contribution in [3.63, 3.8) is 0 Å². The number of furan rings is 1. The second-order valence-electron chi connectivity index (χ2n) is 7.63. The summed E-state index contributed by atoms with van der Waals surface area (Å²) in [6.45, 7) is 3.59. The maximum atomic E-state index is 11.9. The van der Waals surface area contributed by atoms with E-state index in [0.717, 1.165) is 43.6 Å². The maximum absolute atomic E-state index is 11.9. The first-order valence-corrected chi connectivity index (χ1v) is 10.5. The molecule has 2 aromatic heterocycles. The third-order valence-electron chi connectivity index (χ3n) is 5.30. The Hall–Kier alpha value is -3.34. The van der Waals surface area contributed by atoms with Gasteiger partial charge in [0.1, 0.15) is 5.82 Å². The normalized spacial score (nSPS) is 11.1. The molecule has 5 nitrogen and oxygen atoms in total. The lowest BCUT2D eigenvalue weighted by atomic mass is 10.1. The lowest BCUT2D eigenvalue weighted by Crippen LogP contribution is -2.23. The van der Waals surface area contributed by atoms with Crippen LogP contribution in [-0.4, -0.2) is 22.0 Å². The van der Waals surface area contributed by atoms with Gasteiger partial charge < -0.3 is 14.3 Å². The van der Waals surface area contributed by atoms with Crippen LogP contribution in [0.2, 0.25) is 0 Å². The van der Waals surface area contributed by atoms with Crippen molar-refractivity contribution in [2.24, 2.45) is 0 Å². The summed E-state index contributed by atoms with van der Waals surface area (Å²) in [5.74, 6) is 1.33. The molecule has 0 bridgehead atoms. The number of benzene rings is 2. The predicted octanol–water partition coefficient (Wildman–Crippen LogP) is 5.13. The molecule has 1 N–H and O–H groups in total. The molecule has 0 saturated heterocycles. The van der Waals surface area contributed by atoms with Crippen molar-refractivity contribution in [1.82, 2.24) is 14.9 Å². The number of rotatable bonds is 9. The molecule has 0 atom stereocenters. The molecule has 0 spiro atoms. The molecule has 0 fully saturated rings. The molecule has 2 heterocycles. The van der Waals surface area contributed by atoms with E-state index < -0.39 is 0 Å². The molecule has 1 amide bonds. The van der Waals surface area contributed by atoms with Crippen LogP contribution in [0.5, 0.6) is 0 Å². The second kappa shape index (κ2) is 9.44. The van der Waals surface area contributed by atoms with Gasteiger partial charge in [0.25, 0.3) is 5.91 Å². The smallest absolute Gasteiger partial charge is 0.286 e. The van der Waals surface area contributed by atoms with Crippen LogP contribution in [0.3, 0.4) is 0 Å². The maximum Gasteiger partial charge on any atom is 0.286 e. The molecule has 154 valence electrons. The number of hydrogen-bond donors (Lipinski definition) is 1. The molecule has 0 aliphatic rings. The minimum Gasteiger partial charge on any atom is -0.459 e. The van der Waals surface area contributed by atoms with Crippen molar-refractivity contribution in [3.8, 4) is 0 Å². The van der Waals surface area contributed by atoms with Crippen molar-refractivity contribution in [3.05, 3.63) is 89.6 Å². The number of hydrogen-bond acceptors (Lipinski definition) is 3. The number of para-hydroxylation sites is 2. The number of nitrogens with one attached hydrogen (secondary N) is 1. The molecule has 2 aromatic carbocycles. The van der Waals surface area contributed by atoms with Gasteiger partial charge in [-0.3, -0.25) is 4.79 Å². The van der Waals surface area contributed by atoms with Crippen molar-refractivity contribution < 1.29 is 9.21 Å². The highest BCUT2D eigenvalue weighted by atomic mass is 16.3. The van der Waals surface area contributed by atoms with Crippen LogP contribution in [0.1, 0.15) is 46.8 Å². The number of unbranched alkanes of at least 4 members (excludes halogenated alkanes) is 2. The predicted molar refractivity (Wildman–Crippen MR) is 119 cm³/mol. The van der Waals surface area contributed by atoms with Crippen LogP contribution in [0, 0.1) is 6.92 Å². The summed E-state index contributed by atoms with van der Waals surface area (Å²) in [4.78, 5) is 16.8. The van der Waals surface area contributed by atoms with Gasteiger partial charge in [0.15, 0.2) is 5.76 Å². The van der Waals surface area contributed by atoms with Crippen LogP contribution < -0.4 is 5.32 Å². The number of nitrogens with zero attached hydrogens (tertiary/aromatic N) is 2. The van der Waals surface area contributed by atoms with Crippen LogP contribution in [-0.2, 0) is 13.0 Å². The van der Waals surface area contributed by atoms with E-state index in [2.05, 4.69) is 59.3 Å². The molecular weight excluding hydrogens is 374 g/mol. The fourth-order valence-electron chi connectivity index (χ4n) is 3.65. The van der Waals surface area contributed by atoms with Crippen LogP contribution in [0.25, 0.3) is 11.0 Å². The summed E-state index contributed by atoms with van der Waals surface area (Å²) in [7, 11) is 0. The summed E-state index contributed by atoms with van der Waals surface area (Å²) < 4.78 is 7.44. The molecule has 0 aliphatic heterocycles. The number of carbonyl (C=O) groups excluding carboxylic acids is 1. The average molecular weight is 402 g/mol. The number of aromatic nitrogens is 2. The van der Waals surface area contributed by atoms with Gasteiger partial charge >= 0.3 is 0 Å². The van der Waals surface area contributed by atoms with Crippen molar-refractivity contribution in [2.75, 3.05) is 6.54 Å². The molecule has 30 heavy (non-hydrogen) atoms. The quantitative estimate of drug-likeness (QED) is 0.396. The molecule has 4 aromatic rings. The first-order chi connectivity index (χ1) is 14.7. The monoisotopic (exact) mass is 401 g/mol. The van der Waals surface area contributed by atoms with Gasteiger partial charge in [-0.1, -0.05) is 48.4 Å². The van der Waals surface area contributed by atoms with E-state index in [1.807, 2.05) is 6.07 Å². The standard InChI is InChI=1S/C25H27N3O2/c1-19-12-14-20(15-13-19)18-28-22-9-5-4-8-21(22)27-24(28)11-3-2-6-16-26-25(29)23-10-7-17-30-23/h4-5,7-10,12-15,17H,2-3,6,11,16,18H2,1H3,(H,26,29). The molecule has 0 unspecified atom stereocenters. The first kappa shape index (κ1) is 20.0. The summed E-state index contributed by atoms with van der Waals surface area (Å²) >= 11 is 0.